The van der Waals surface area contributed by atoms with Gasteiger partial charge in [-0.15, -0.1) is 0 Å². The molecule has 0 radical (unpaired) electrons. The van der Waals surface area contributed by atoms with Crippen molar-refractivity contribution in [2.75, 3.05) is 32.1 Å². The number of ether oxygens (including phenoxy) is 2. The number of aromatic nitrogens is 4. The Bertz CT molecular complexity index is 1070. The van der Waals surface area contributed by atoms with E-state index in [1.165, 1.54) is 12.4 Å². The molecule has 1 fully saturated rings. The summed E-state index contributed by atoms with van der Waals surface area (Å²) in [6.07, 6.45) is 2.92. The average Bonchev–Trinajstić information content (AvgIpc) is 3.27. The molecule has 160 valence electrons. The number of rotatable bonds is 6. The molecule has 1 aliphatic heterocycles. The zero-order valence-corrected chi connectivity index (χ0v) is 17.8. The summed E-state index contributed by atoms with van der Waals surface area (Å²) in [6.45, 7) is 6.96. The van der Waals surface area contributed by atoms with Gasteiger partial charge in [-0.2, -0.15) is 10.4 Å². The normalized spacial score (nSPS) is 16.8. The number of methoxy groups -OCH3 is 1. The van der Waals surface area contributed by atoms with Gasteiger partial charge in [0, 0.05) is 30.8 Å². The number of benzene rings is 1. The molecule has 3 heterocycles. The average molecular weight is 419 g/mol. The first kappa shape index (κ1) is 20.8. The highest BCUT2D eigenvalue weighted by atomic mass is 16.5. The van der Waals surface area contributed by atoms with Gasteiger partial charge in [-0.1, -0.05) is 6.07 Å². The first-order valence-electron chi connectivity index (χ1n) is 10.2. The Balaban J connectivity index is 1.52. The smallest absolute Gasteiger partial charge is 0.158 e. The van der Waals surface area contributed by atoms with E-state index in [-0.39, 0.29) is 11.8 Å². The second-order valence-electron chi connectivity index (χ2n) is 7.60. The van der Waals surface area contributed by atoms with Crippen molar-refractivity contribution in [3.05, 3.63) is 47.9 Å². The van der Waals surface area contributed by atoms with Crippen LogP contribution in [0.15, 0.2) is 36.7 Å². The van der Waals surface area contributed by atoms with E-state index in [9.17, 15) is 0 Å². The molecule has 31 heavy (non-hydrogen) atoms. The van der Waals surface area contributed by atoms with Crippen LogP contribution in [-0.2, 0) is 4.74 Å². The Morgan fingerprint density at radius 2 is 2.13 bits per heavy atom. The van der Waals surface area contributed by atoms with Crippen LogP contribution in [-0.4, -0.2) is 57.9 Å². The van der Waals surface area contributed by atoms with Crippen molar-refractivity contribution < 1.29 is 9.47 Å². The minimum Gasteiger partial charge on any atom is -0.496 e. The number of nitrogens with one attached hydrogen (secondary N) is 2. The van der Waals surface area contributed by atoms with E-state index in [0.29, 0.717) is 17.7 Å². The molecule has 3 aromatic rings. The summed E-state index contributed by atoms with van der Waals surface area (Å²) in [5.74, 6) is 1.84. The molecule has 0 unspecified atom stereocenters. The second-order valence-corrected chi connectivity index (χ2v) is 7.60. The number of anilines is 2. The van der Waals surface area contributed by atoms with Crippen molar-refractivity contribution in [1.82, 2.24) is 25.1 Å². The minimum atomic E-state index is 0.0213. The van der Waals surface area contributed by atoms with E-state index in [1.807, 2.05) is 24.3 Å². The van der Waals surface area contributed by atoms with Crippen LogP contribution in [0.1, 0.15) is 31.2 Å². The number of aromatic amines is 1. The fourth-order valence-electron chi connectivity index (χ4n) is 3.58. The van der Waals surface area contributed by atoms with E-state index in [2.05, 4.69) is 50.3 Å². The third-order valence-corrected chi connectivity index (χ3v) is 5.32. The van der Waals surface area contributed by atoms with Gasteiger partial charge >= 0.3 is 0 Å². The van der Waals surface area contributed by atoms with Gasteiger partial charge in [0.05, 0.1) is 37.9 Å². The van der Waals surface area contributed by atoms with Crippen molar-refractivity contribution in [2.24, 2.45) is 0 Å². The first-order chi connectivity index (χ1) is 15.1. The highest BCUT2D eigenvalue weighted by molar-refractivity contribution is 5.71. The SMILES string of the molecule is COc1cc([C@H]2CN(C(C)C)CCO2)ccc1-c1cc(Nc2cnc(C#N)cn2)n[nH]1. The lowest BCUT2D eigenvalue weighted by Crippen LogP contribution is -2.42. The zero-order valence-electron chi connectivity index (χ0n) is 17.8. The monoisotopic (exact) mass is 419 g/mol. The highest BCUT2D eigenvalue weighted by Crippen LogP contribution is 2.34. The standard InChI is InChI=1S/C22H25N7O2/c1-14(2)29-6-7-31-20(13-29)15-4-5-17(19(8-15)30-3)18-9-21(28-27-18)26-22-12-24-16(10-23)11-25-22/h4-5,8-9,11-12,14,20H,6-7,13H2,1-3H3,(H2,25,26,27,28)/t20-/m1/s1. The van der Waals surface area contributed by atoms with E-state index >= 15 is 0 Å². The summed E-state index contributed by atoms with van der Waals surface area (Å²) in [5.41, 5.74) is 3.06. The lowest BCUT2D eigenvalue weighted by molar-refractivity contribution is -0.0402. The van der Waals surface area contributed by atoms with Crippen molar-refractivity contribution in [3.8, 4) is 23.1 Å². The molecule has 0 bridgehead atoms. The molecule has 9 nitrogen and oxygen atoms in total. The number of H-pyrrole nitrogens is 1. The fourth-order valence-corrected chi connectivity index (χ4v) is 3.58. The maximum atomic E-state index is 8.82. The van der Waals surface area contributed by atoms with Gasteiger partial charge in [-0.05, 0) is 31.5 Å². The number of hydrogen-bond donors (Lipinski definition) is 2. The van der Waals surface area contributed by atoms with Gasteiger partial charge in [0.15, 0.2) is 11.5 Å². The molecule has 1 saturated heterocycles. The molecule has 1 aromatic carbocycles. The van der Waals surface area contributed by atoms with Crippen molar-refractivity contribution in [3.63, 3.8) is 0 Å². The Hall–Kier alpha value is -3.48. The second kappa shape index (κ2) is 9.12. The Morgan fingerprint density at radius 3 is 2.84 bits per heavy atom. The molecule has 0 amide bonds. The molecule has 0 spiro atoms. The molecule has 0 saturated carbocycles. The topological polar surface area (TPSA) is 112 Å². The van der Waals surface area contributed by atoms with Crippen molar-refractivity contribution >= 4 is 11.6 Å². The van der Waals surface area contributed by atoms with Crippen LogP contribution >= 0.6 is 0 Å². The van der Waals surface area contributed by atoms with Crippen LogP contribution in [0, 0.1) is 11.3 Å². The number of hydrogen-bond acceptors (Lipinski definition) is 8. The largest absolute Gasteiger partial charge is 0.496 e. The van der Waals surface area contributed by atoms with Crippen molar-refractivity contribution in [1.29, 1.82) is 5.26 Å². The minimum absolute atomic E-state index is 0.0213. The van der Waals surface area contributed by atoms with Crippen LogP contribution in [0.2, 0.25) is 0 Å². The van der Waals surface area contributed by atoms with Gasteiger partial charge in [0.1, 0.15) is 17.6 Å². The lowest BCUT2D eigenvalue weighted by Gasteiger charge is -2.35. The van der Waals surface area contributed by atoms with E-state index in [4.69, 9.17) is 14.7 Å². The molecule has 4 rings (SSSR count). The van der Waals surface area contributed by atoms with Gasteiger partial charge < -0.3 is 14.8 Å². The van der Waals surface area contributed by atoms with Gasteiger partial charge in [0.25, 0.3) is 0 Å². The van der Waals surface area contributed by atoms with E-state index < -0.39 is 0 Å². The van der Waals surface area contributed by atoms with Crippen LogP contribution in [0.3, 0.4) is 0 Å². The Labute approximate surface area is 181 Å². The van der Waals surface area contributed by atoms with Gasteiger partial charge in [0.2, 0.25) is 0 Å². The third kappa shape index (κ3) is 4.66. The highest BCUT2D eigenvalue weighted by Gasteiger charge is 2.24. The van der Waals surface area contributed by atoms with Crippen LogP contribution in [0.5, 0.6) is 5.75 Å². The summed E-state index contributed by atoms with van der Waals surface area (Å²) < 4.78 is 11.7. The molecule has 0 aliphatic carbocycles. The lowest BCUT2D eigenvalue weighted by atomic mass is 10.0. The quantitative estimate of drug-likeness (QED) is 0.626. The number of nitriles is 1. The van der Waals surface area contributed by atoms with E-state index in [0.717, 1.165) is 42.3 Å². The summed E-state index contributed by atoms with van der Waals surface area (Å²) in [6, 6.07) is 10.4. The molecule has 2 N–H and O–H groups in total. The number of morpholine rings is 1. The van der Waals surface area contributed by atoms with Crippen LogP contribution in [0.25, 0.3) is 11.3 Å². The zero-order chi connectivity index (χ0) is 21.8. The first-order valence-corrected chi connectivity index (χ1v) is 10.2. The molecule has 1 atom stereocenters. The number of nitrogens with zero attached hydrogens (tertiary/aromatic N) is 5. The Kier molecular flexibility index (Phi) is 6.11. The summed E-state index contributed by atoms with van der Waals surface area (Å²) in [7, 11) is 1.66. The maximum absolute atomic E-state index is 8.82. The molecule has 9 heteroatoms. The summed E-state index contributed by atoms with van der Waals surface area (Å²) in [5, 5.41) is 19.2. The van der Waals surface area contributed by atoms with Gasteiger partial charge in [-0.3, -0.25) is 10.00 Å². The predicted octanol–water partition coefficient (Wildman–Crippen LogP) is 3.27. The van der Waals surface area contributed by atoms with Gasteiger partial charge in [-0.25, -0.2) is 9.97 Å². The summed E-state index contributed by atoms with van der Waals surface area (Å²) >= 11 is 0. The third-order valence-electron chi connectivity index (χ3n) is 5.32. The molecular weight excluding hydrogens is 394 g/mol. The van der Waals surface area contributed by atoms with Crippen LogP contribution < -0.4 is 10.1 Å². The molecule has 2 aromatic heterocycles. The summed E-state index contributed by atoms with van der Waals surface area (Å²) in [4.78, 5) is 10.6. The Morgan fingerprint density at radius 1 is 1.26 bits per heavy atom. The molecule has 1 aliphatic rings. The van der Waals surface area contributed by atoms with E-state index in [1.54, 1.807) is 7.11 Å². The maximum Gasteiger partial charge on any atom is 0.158 e. The van der Waals surface area contributed by atoms with Crippen LogP contribution in [0.4, 0.5) is 11.6 Å². The fraction of sp³-hybridized carbons (Fsp3) is 0.364. The molecular formula is C22H25N7O2. The predicted molar refractivity (Wildman–Crippen MR) is 116 cm³/mol. The van der Waals surface area contributed by atoms with Crippen molar-refractivity contribution in [2.45, 2.75) is 26.0 Å².